The van der Waals surface area contributed by atoms with Crippen molar-refractivity contribution in [1.29, 1.82) is 0 Å². The van der Waals surface area contributed by atoms with Gasteiger partial charge in [-0.1, -0.05) is 0 Å². The van der Waals surface area contributed by atoms with E-state index in [1.165, 1.54) is 4.31 Å². The Balaban J connectivity index is 2.57. The predicted molar refractivity (Wildman–Crippen MR) is 54.8 cm³/mol. The Morgan fingerprint density at radius 1 is 1.31 bits per heavy atom. The number of halogens is 4. The Labute approximate surface area is 94.3 Å². The zero-order valence-corrected chi connectivity index (χ0v) is 9.93. The van der Waals surface area contributed by atoms with Gasteiger partial charge in [-0.05, 0) is 31.9 Å². The number of nitrogens with zero attached hydrogens (tertiary/aromatic N) is 1. The summed E-state index contributed by atoms with van der Waals surface area (Å²) >= 11 is 7.10. The number of rotatable bonds is 0. The second-order valence-electron chi connectivity index (χ2n) is 2.27. The molecule has 0 aromatic carbocycles. The lowest BCUT2D eigenvalue weighted by atomic mass is 10.3. The molecule has 70 valence electrons. The van der Waals surface area contributed by atoms with Crippen molar-refractivity contribution in [2.75, 3.05) is 0 Å². The first kappa shape index (κ1) is 9.54. The van der Waals surface area contributed by atoms with Crippen molar-refractivity contribution in [2.45, 2.75) is 0 Å². The normalized spacial score (nSPS) is 21.8. The lowest BCUT2D eigenvalue weighted by molar-refractivity contribution is 0.513. The second kappa shape index (κ2) is 3.29. The van der Waals surface area contributed by atoms with Crippen molar-refractivity contribution in [1.82, 2.24) is 9.03 Å². The standard InChI is InChI=1S/C6H2Br2F2N2S/c7-3-2-1-11-13-12(2)6(8)5(10)4(3)9/h1,11H. The molecule has 2 heterocycles. The molecule has 0 unspecified atom stereocenters. The van der Waals surface area contributed by atoms with Gasteiger partial charge in [0.05, 0.1) is 22.3 Å². The van der Waals surface area contributed by atoms with E-state index in [-0.39, 0.29) is 9.09 Å². The number of fused-ring (bicyclic) bond motifs is 1. The van der Waals surface area contributed by atoms with E-state index < -0.39 is 11.7 Å². The fraction of sp³-hybridized carbons (Fsp3) is 0. The van der Waals surface area contributed by atoms with Gasteiger partial charge in [0.1, 0.15) is 4.61 Å². The maximum atomic E-state index is 13.1. The highest BCUT2D eigenvalue weighted by molar-refractivity contribution is 9.12. The first-order valence-electron chi connectivity index (χ1n) is 3.17. The first-order valence-corrected chi connectivity index (χ1v) is 5.53. The fourth-order valence-electron chi connectivity index (χ4n) is 0.930. The molecule has 0 saturated carbocycles. The van der Waals surface area contributed by atoms with Crippen LogP contribution in [0.4, 0.5) is 8.78 Å². The highest BCUT2D eigenvalue weighted by Gasteiger charge is 2.33. The van der Waals surface area contributed by atoms with Crippen LogP contribution >= 0.6 is 44.0 Å². The van der Waals surface area contributed by atoms with Crippen molar-refractivity contribution in [3.05, 3.63) is 32.6 Å². The molecule has 2 rings (SSSR count). The van der Waals surface area contributed by atoms with Crippen molar-refractivity contribution < 1.29 is 8.78 Å². The maximum absolute atomic E-state index is 13.1. The molecule has 0 amide bonds. The first-order chi connectivity index (χ1) is 6.13. The summed E-state index contributed by atoms with van der Waals surface area (Å²) in [6.07, 6.45) is 1.59. The van der Waals surface area contributed by atoms with Crippen LogP contribution < -0.4 is 4.72 Å². The van der Waals surface area contributed by atoms with Crippen LogP contribution in [0, 0.1) is 0 Å². The van der Waals surface area contributed by atoms with Gasteiger partial charge in [0, 0.05) is 6.20 Å². The van der Waals surface area contributed by atoms with E-state index in [0.717, 1.165) is 12.1 Å². The summed E-state index contributed by atoms with van der Waals surface area (Å²) < 4.78 is 30.7. The molecule has 0 aromatic heterocycles. The van der Waals surface area contributed by atoms with E-state index >= 15 is 0 Å². The maximum Gasteiger partial charge on any atom is 0.191 e. The summed E-state index contributed by atoms with van der Waals surface area (Å²) in [5.74, 6) is -1.79. The van der Waals surface area contributed by atoms with Crippen molar-refractivity contribution in [3.8, 4) is 0 Å². The largest absolute Gasteiger partial charge is 0.316 e. The molecule has 1 N–H and O–H groups in total. The van der Waals surface area contributed by atoms with Crippen LogP contribution in [-0.2, 0) is 0 Å². The third kappa shape index (κ3) is 1.33. The van der Waals surface area contributed by atoms with Gasteiger partial charge in [0.15, 0.2) is 11.7 Å². The van der Waals surface area contributed by atoms with Crippen molar-refractivity contribution in [3.63, 3.8) is 0 Å². The third-order valence-electron chi connectivity index (χ3n) is 1.53. The number of hydrogen-bond donors (Lipinski definition) is 1. The molecule has 2 nitrogen and oxygen atoms in total. The molecule has 13 heavy (non-hydrogen) atoms. The van der Waals surface area contributed by atoms with Gasteiger partial charge in [0.25, 0.3) is 0 Å². The molecule has 7 heteroatoms. The van der Waals surface area contributed by atoms with E-state index in [0.29, 0.717) is 5.70 Å². The summed E-state index contributed by atoms with van der Waals surface area (Å²) in [6, 6.07) is 0. The molecule has 0 spiro atoms. The minimum atomic E-state index is -0.903. The molecule has 0 aliphatic carbocycles. The van der Waals surface area contributed by atoms with Gasteiger partial charge in [0.2, 0.25) is 0 Å². The minimum Gasteiger partial charge on any atom is -0.316 e. The van der Waals surface area contributed by atoms with Crippen LogP contribution in [0.2, 0.25) is 0 Å². The van der Waals surface area contributed by atoms with E-state index in [2.05, 4.69) is 36.6 Å². The lowest BCUT2D eigenvalue weighted by Crippen LogP contribution is -2.14. The van der Waals surface area contributed by atoms with Gasteiger partial charge in [-0.3, -0.25) is 4.31 Å². The number of hydrogen-bond acceptors (Lipinski definition) is 3. The van der Waals surface area contributed by atoms with Gasteiger partial charge in [-0.25, -0.2) is 8.78 Å². The molecule has 2 aliphatic heterocycles. The van der Waals surface area contributed by atoms with Crippen LogP contribution in [0.1, 0.15) is 0 Å². The van der Waals surface area contributed by atoms with Crippen LogP contribution in [0.5, 0.6) is 0 Å². The van der Waals surface area contributed by atoms with Gasteiger partial charge in [-0.2, -0.15) is 0 Å². The average molecular weight is 332 g/mol. The quantitative estimate of drug-likeness (QED) is 0.541. The molecule has 0 bridgehead atoms. The summed E-state index contributed by atoms with van der Waals surface area (Å²) in [4.78, 5) is 0. The van der Waals surface area contributed by atoms with Crippen molar-refractivity contribution in [2.24, 2.45) is 0 Å². The highest BCUT2D eigenvalue weighted by atomic mass is 79.9. The van der Waals surface area contributed by atoms with E-state index in [9.17, 15) is 8.78 Å². The summed E-state index contributed by atoms with van der Waals surface area (Å²) in [7, 11) is 0. The highest BCUT2D eigenvalue weighted by Crippen LogP contribution is 2.45. The zero-order chi connectivity index (χ0) is 9.59. The molecule has 0 atom stereocenters. The molecule has 2 aliphatic rings. The molecular formula is C6H2Br2F2N2S. The SMILES string of the molecule is FC1=C(Br)C2=CNSN2C(Br)=C1F. The van der Waals surface area contributed by atoms with Crippen LogP contribution in [-0.4, -0.2) is 4.31 Å². The van der Waals surface area contributed by atoms with Gasteiger partial charge >= 0.3 is 0 Å². The molecular weight excluding hydrogens is 330 g/mol. The average Bonchev–Trinajstić information content (AvgIpc) is 2.59. The van der Waals surface area contributed by atoms with Gasteiger partial charge in [-0.15, -0.1) is 0 Å². The molecule has 0 aromatic rings. The predicted octanol–water partition coefficient (Wildman–Crippen LogP) is 3.42. The topological polar surface area (TPSA) is 15.3 Å². The Hall–Kier alpha value is -0.0100. The Bertz CT molecular complexity index is 364. The van der Waals surface area contributed by atoms with E-state index in [1.54, 1.807) is 6.20 Å². The third-order valence-corrected chi connectivity index (χ3v) is 4.01. The van der Waals surface area contributed by atoms with Crippen LogP contribution in [0.3, 0.4) is 0 Å². The van der Waals surface area contributed by atoms with Crippen molar-refractivity contribution >= 4 is 44.0 Å². The van der Waals surface area contributed by atoms with Crippen LogP contribution in [0.25, 0.3) is 0 Å². The Kier molecular flexibility index (Phi) is 2.41. The second-order valence-corrected chi connectivity index (χ2v) is 4.59. The fourth-order valence-corrected chi connectivity index (χ4v) is 2.77. The zero-order valence-electron chi connectivity index (χ0n) is 5.94. The van der Waals surface area contributed by atoms with E-state index in [1.807, 2.05) is 0 Å². The van der Waals surface area contributed by atoms with Gasteiger partial charge < -0.3 is 4.72 Å². The van der Waals surface area contributed by atoms with E-state index in [4.69, 9.17) is 0 Å². The molecule has 0 fully saturated rings. The molecule has 0 radical (unpaired) electrons. The Morgan fingerprint density at radius 3 is 2.69 bits per heavy atom. The Morgan fingerprint density at radius 2 is 2.00 bits per heavy atom. The van der Waals surface area contributed by atoms with Crippen LogP contribution in [0.15, 0.2) is 32.6 Å². The number of allylic oxidation sites excluding steroid dienone is 3. The summed E-state index contributed by atoms with van der Waals surface area (Å²) in [5, 5.41) is 0. The smallest absolute Gasteiger partial charge is 0.191 e. The monoisotopic (exact) mass is 330 g/mol. The summed E-state index contributed by atoms with van der Waals surface area (Å²) in [6.45, 7) is 0. The summed E-state index contributed by atoms with van der Waals surface area (Å²) in [5.41, 5.74) is 0.552. The lowest BCUT2D eigenvalue weighted by Gasteiger charge is -2.22. The number of nitrogens with one attached hydrogen (secondary N) is 1. The molecule has 0 saturated heterocycles. The minimum absolute atomic E-state index is 0.0782.